The monoisotopic (exact) mass is 295 g/mol. The molecule has 0 bridgehead atoms. The molecule has 4 rings (SSSR count). The number of thiophene rings is 1. The molecule has 2 aromatic carbocycles. The average molecular weight is 295 g/mol. The zero-order valence-corrected chi connectivity index (χ0v) is 12.4. The molecule has 0 unspecified atom stereocenters. The predicted molar refractivity (Wildman–Crippen MR) is 89.0 cm³/mol. The number of fused-ring (bicyclic) bond motifs is 3. The van der Waals surface area contributed by atoms with Crippen LogP contribution in [0, 0.1) is 0 Å². The summed E-state index contributed by atoms with van der Waals surface area (Å²) < 4.78 is 0. The third-order valence-electron chi connectivity index (χ3n) is 4.18. The van der Waals surface area contributed by atoms with Gasteiger partial charge in [-0.3, -0.25) is 0 Å². The summed E-state index contributed by atoms with van der Waals surface area (Å²) >= 11 is 1.75. The fourth-order valence-electron chi connectivity index (χ4n) is 3.18. The fraction of sp³-hybridized carbons (Fsp3) is 0.222. The smallest absolute Gasteiger partial charge is 0.0631 e. The number of rotatable bonds is 1. The van der Waals surface area contributed by atoms with Crippen LogP contribution in [0.15, 0.2) is 53.9 Å². The summed E-state index contributed by atoms with van der Waals surface area (Å²) in [6.07, 6.45) is 1.17. The Labute approximate surface area is 128 Å². The van der Waals surface area contributed by atoms with Crippen LogP contribution in [0.1, 0.15) is 22.9 Å². The molecule has 0 aliphatic carbocycles. The van der Waals surface area contributed by atoms with Crippen molar-refractivity contribution in [1.82, 2.24) is 0 Å². The van der Waals surface area contributed by atoms with Crippen molar-refractivity contribution in [3.8, 4) is 0 Å². The van der Waals surface area contributed by atoms with Gasteiger partial charge in [0.2, 0.25) is 0 Å². The van der Waals surface area contributed by atoms with Crippen LogP contribution in [0.5, 0.6) is 0 Å². The van der Waals surface area contributed by atoms with Gasteiger partial charge in [-0.2, -0.15) is 0 Å². The van der Waals surface area contributed by atoms with Crippen LogP contribution in [0.2, 0.25) is 0 Å². The van der Waals surface area contributed by atoms with Gasteiger partial charge in [0, 0.05) is 22.4 Å². The van der Waals surface area contributed by atoms with E-state index in [1.165, 1.54) is 26.9 Å². The van der Waals surface area contributed by atoms with Crippen LogP contribution in [-0.2, 0) is 6.42 Å². The van der Waals surface area contributed by atoms with Crippen molar-refractivity contribution in [3.05, 3.63) is 64.4 Å². The number of aliphatic hydroxyl groups excluding tert-OH is 1. The van der Waals surface area contributed by atoms with Gasteiger partial charge in [0.25, 0.3) is 0 Å². The number of hydrogen-bond donors (Lipinski definition) is 2. The average Bonchev–Trinajstić information content (AvgIpc) is 2.97. The first-order chi connectivity index (χ1) is 10.3. The van der Waals surface area contributed by atoms with Gasteiger partial charge in [0.1, 0.15) is 0 Å². The zero-order chi connectivity index (χ0) is 14.2. The molecule has 0 radical (unpaired) electrons. The van der Waals surface area contributed by atoms with E-state index in [9.17, 15) is 5.11 Å². The van der Waals surface area contributed by atoms with E-state index < -0.39 is 0 Å². The van der Waals surface area contributed by atoms with Crippen molar-refractivity contribution in [1.29, 1.82) is 0 Å². The predicted octanol–water partition coefficient (Wildman–Crippen LogP) is 4.36. The fourth-order valence-corrected chi connectivity index (χ4v) is 3.97. The van der Waals surface area contributed by atoms with E-state index in [0.717, 1.165) is 12.8 Å². The minimum Gasteiger partial charge on any atom is -0.393 e. The number of aliphatic hydroxyl groups is 1. The lowest BCUT2D eigenvalue weighted by atomic mass is 10.0. The Hall–Kier alpha value is -1.84. The second-order valence-corrected chi connectivity index (χ2v) is 6.61. The summed E-state index contributed by atoms with van der Waals surface area (Å²) in [5.74, 6) is 0. The molecule has 1 aliphatic heterocycles. The molecule has 0 saturated heterocycles. The van der Waals surface area contributed by atoms with Crippen LogP contribution in [-0.4, -0.2) is 11.2 Å². The van der Waals surface area contributed by atoms with Gasteiger partial charge in [-0.25, -0.2) is 0 Å². The molecule has 2 atom stereocenters. The first-order valence-corrected chi connectivity index (χ1v) is 8.18. The third-order valence-corrected chi connectivity index (χ3v) is 5.17. The summed E-state index contributed by atoms with van der Waals surface area (Å²) in [6.45, 7) is 0. The molecule has 0 fully saturated rings. The summed E-state index contributed by atoms with van der Waals surface area (Å²) in [5, 5.41) is 18.6. The molecule has 3 aromatic rings. The minimum atomic E-state index is -0.299. The van der Waals surface area contributed by atoms with Crippen LogP contribution in [0.25, 0.3) is 10.8 Å². The normalized spacial score (nSPS) is 21.6. The Morgan fingerprint density at radius 1 is 1.05 bits per heavy atom. The van der Waals surface area contributed by atoms with E-state index in [0.29, 0.717) is 0 Å². The zero-order valence-electron chi connectivity index (χ0n) is 11.6. The Morgan fingerprint density at radius 3 is 2.81 bits per heavy atom. The van der Waals surface area contributed by atoms with Crippen molar-refractivity contribution in [3.63, 3.8) is 0 Å². The second-order valence-electron chi connectivity index (χ2n) is 5.63. The van der Waals surface area contributed by atoms with E-state index in [1.807, 2.05) is 0 Å². The summed E-state index contributed by atoms with van der Waals surface area (Å²) in [7, 11) is 0. The Balaban J connectivity index is 1.86. The second kappa shape index (κ2) is 5.17. The first-order valence-electron chi connectivity index (χ1n) is 7.30. The standard InChI is InChI=1S/C18H17NOS/c20-14-10-13-8-7-12-4-1-2-5-15(12)18(13)19-16(11-14)17-6-3-9-21-17/h1-9,14,16,19-20H,10-11H2/t14-,16+/m1/s1. The van der Waals surface area contributed by atoms with Crippen molar-refractivity contribution >= 4 is 27.8 Å². The lowest BCUT2D eigenvalue weighted by Crippen LogP contribution is -2.15. The molecule has 2 N–H and O–H groups in total. The number of nitrogens with one attached hydrogen (secondary N) is 1. The van der Waals surface area contributed by atoms with Gasteiger partial charge in [-0.1, -0.05) is 42.5 Å². The maximum atomic E-state index is 10.3. The van der Waals surface area contributed by atoms with Gasteiger partial charge in [-0.05, 0) is 28.8 Å². The molecule has 106 valence electrons. The van der Waals surface area contributed by atoms with Gasteiger partial charge >= 0.3 is 0 Å². The number of benzene rings is 2. The summed E-state index contributed by atoms with van der Waals surface area (Å²) in [4.78, 5) is 1.29. The van der Waals surface area contributed by atoms with Gasteiger partial charge < -0.3 is 10.4 Å². The Bertz CT molecular complexity index is 766. The topological polar surface area (TPSA) is 32.3 Å². The highest BCUT2D eigenvalue weighted by molar-refractivity contribution is 7.10. The minimum absolute atomic E-state index is 0.187. The highest BCUT2D eigenvalue weighted by Gasteiger charge is 2.24. The molecule has 0 amide bonds. The van der Waals surface area contributed by atoms with E-state index >= 15 is 0 Å². The van der Waals surface area contributed by atoms with Crippen molar-refractivity contribution in [2.45, 2.75) is 25.0 Å². The van der Waals surface area contributed by atoms with Gasteiger partial charge in [0.05, 0.1) is 12.1 Å². The number of anilines is 1. The lowest BCUT2D eigenvalue weighted by Gasteiger charge is -2.19. The van der Waals surface area contributed by atoms with Crippen molar-refractivity contribution in [2.75, 3.05) is 5.32 Å². The first kappa shape index (κ1) is 12.9. The summed E-state index contributed by atoms with van der Waals surface area (Å²) in [6, 6.07) is 17.1. The van der Waals surface area contributed by atoms with Crippen molar-refractivity contribution in [2.24, 2.45) is 0 Å². The van der Waals surface area contributed by atoms with Gasteiger partial charge in [0.15, 0.2) is 0 Å². The lowest BCUT2D eigenvalue weighted by molar-refractivity contribution is 0.161. The molecular formula is C18H17NOS. The molecule has 0 spiro atoms. The van der Waals surface area contributed by atoms with Crippen LogP contribution in [0.3, 0.4) is 0 Å². The molecule has 21 heavy (non-hydrogen) atoms. The maximum absolute atomic E-state index is 10.3. The molecule has 1 aliphatic rings. The van der Waals surface area contributed by atoms with E-state index in [1.54, 1.807) is 11.3 Å². The molecule has 0 saturated carbocycles. The number of hydrogen-bond acceptors (Lipinski definition) is 3. The van der Waals surface area contributed by atoms with Crippen LogP contribution in [0.4, 0.5) is 5.69 Å². The SMILES string of the molecule is O[C@@H]1Cc2ccc3ccccc3c2N[C@H](c2cccs2)C1. The quantitative estimate of drug-likeness (QED) is 0.699. The Morgan fingerprint density at radius 2 is 1.95 bits per heavy atom. The van der Waals surface area contributed by atoms with E-state index in [-0.39, 0.29) is 12.1 Å². The molecule has 3 heteroatoms. The molecular weight excluding hydrogens is 278 g/mol. The highest BCUT2D eigenvalue weighted by atomic mass is 32.1. The van der Waals surface area contributed by atoms with Crippen molar-refractivity contribution < 1.29 is 5.11 Å². The maximum Gasteiger partial charge on any atom is 0.0631 e. The molecule has 1 aromatic heterocycles. The van der Waals surface area contributed by atoms with E-state index in [2.05, 4.69) is 59.2 Å². The van der Waals surface area contributed by atoms with Gasteiger partial charge in [-0.15, -0.1) is 11.3 Å². The Kier molecular flexibility index (Phi) is 3.17. The van der Waals surface area contributed by atoms with Crippen LogP contribution < -0.4 is 5.32 Å². The third kappa shape index (κ3) is 2.33. The van der Waals surface area contributed by atoms with Crippen LogP contribution >= 0.6 is 11.3 Å². The largest absolute Gasteiger partial charge is 0.393 e. The van der Waals surface area contributed by atoms with E-state index in [4.69, 9.17) is 0 Å². The molecule has 2 nitrogen and oxygen atoms in total. The highest BCUT2D eigenvalue weighted by Crippen LogP contribution is 2.37. The molecule has 2 heterocycles. The summed E-state index contributed by atoms with van der Waals surface area (Å²) in [5.41, 5.74) is 2.39.